The van der Waals surface area contributed by atoms with E-state index in [1.807, 2.05) is 6.20 Å². The molecule has 1 aromatic carbocycles. The minimum Gasteiger partial charge on any atom is -0.330 e. The highest BCUT2D eigenvalue weighted by Gasteiger charge is 2.16. The first-order valence-electron chi connectivity index (χ1n) is 6.68. The molecule has 0 amide bonds. The van der Waals surface area contributed by atoms with Crippen LogP contribution in [0.4, 0.5) is 0 Å². The lowest BCUT2D eigenvalue weighted by atomic mass is 9.85. The Kier molecular flexibility index (Phi) is 4.07. The SMILES string of the molecule is Cc1ccc(C(C)(C)C)cc1-c1cnc(CCN)s1. The van der Waals surface area contributed by atoms with Gasteiger partial charge in [0.15, 0.2) is 0 Å². The summed E-state index contributed by atoms with van der Waals surface area (Å²) in [5.41, 5.74) is 9.72. The largest absolute Gasteiger partial charge is 0.330 e. The molecule has 0 bridgehead atoms. The molecular formula is C16H22N2S. The van der Waals surface area contributed by atoms with E-state index in [0.717, 1.165) is 11.4 Å². The van der Waals surface area contributed by atoms with Gasteiger partial charge in [-0.3, -0.25) is 0 Å². The topological polar surface area (TPSA) is 38.9 Å². The fourth-order valence-corrected chi connectivity index (χ4v) is 3.04. The van der Waals surface area contributed by atoms with E-state index in [1.165, 1.54) is 21.6 Å². The van der Waals surface area contributed by atoms with Crippen molar-refractivity contribution < 1.29 is 0 Å². The van der Waals surface area contributed by atoms with Gasteiger partial charge in [0, 0.05) is 12.6 Å². The quantitative estimate of drug-likeness (QED) is 0.921. The Bertz CT molecular complexity index is 564. The standard InChI is InChI=1S/C16H22N2S/c1-11-5-6-12(16(2,3)4)9-13(11)14-10-18-15(19-14)7-8-17/h5-6,9-10H,7-8,17H2,1-4H3. The van der Waals surface area contributed by atoms with Crippen molar-refractivity contribution in [3.05, 3.63) is 40.5 Å². The molecule has 0 aliphatic rings. The normalized spacial score (nSPS) is 11.8. The Morgan fingerprint density at radius 2 is 2.00 bits per heavy atom. The van der Waals surface area contributed by atoms with Crippen LogP contribution in [0.15, 0.2) is 24.4 Å². The highest BCUT2D eigenvalue weighted by atomic mass is 32.1. The van der Waals surface area contributed by atoms with Crippen molar-refractivity contribution in [3.63, 3.8) is 0 Å². The summed E-state index contributed by atoms with van der Waals surface area (Å²) < 4.78 is 0. The summed E-state index contributed by atoms with van der Waals surface area (Å²) >= 11 is 1.75. The van der Waals surface area contributed by atoms with Crippen LogP contribution >= 0.6 is 11.3 Å². The summed E-state index contributed by atoms with van der Waals surface area (Å²) in [4.78, 5) is 5.70. The Hall–Kier alpha value is -1.19. The summed E-state index contributed by atoms with van der Waals surface area (Å²) in [7, 11) is 0. The molecule has 0 saturated heterocycles. The van der Waals surface area contributed by atoms with E-state index in [0.29, 0.717) is 6.54 Å². The minimum atomic E-state index is 0.174. The van der Waals surface area contributed by atoms with Crippen molar-refractivity contribution >= 4 is 11.3 Å². The number of hydrogen-bond donors (Lipinski definition) is 1. The lowest BCUT2D eigenvalue weighted by molar-refractivity contribution is 0.590. The smallest absolute Gasteiger partial charge is 0.0943 e. The third-order valence-corrected chi connectivity index (χ3v) is 4.37. The predicted octanol–water partition coefficient (Wildman–Crippen LogP) is 3.92. The molecule has 2 N–H and O–H groups in total. The van der Waals surface area contributed by atoms with Crippen molar-refractivity contribution in [2.75, 3.05) is 6.54 Å². The summed E-state index contributed by atoms with van der Waals surface area (Å²) in [6.07, 6.45) is 2.84. The van der Waals surface area contributed by atoms with Gasteiger partial charge in [-0.15, -0.1) is 11.3 Å². The zero-order valence-corrected chi connectivity index (χ0v) is 13.0. The molecule has 0 fully saturated rings. The molecule has 102 valence electrons. The lowest BCUT2D eigenvalue weighted by Crippen LogP contribution is -2.11. The van der Waals surface area contributed by atoms with E-state index < -0.39 is 0 Å². The summed E-state index contributed by atoms with van der Waals surface area (Å²) in [6, 6.07) is 6.73. The number of benzene rings is 1. The van der Waals surface area contributed by atoms with Crippen LogP contribution in [-0.2, 0) is 11.8 Å². The van der Waals surface area contributed by atoms with Gasteiger partial charge in [-0.1, -0.05) is 32.9 Å². The van der Waals surface area contributed by atoms with Crippen molar-refractivity contribution in [3.8, 4) is 10.4 Å². The fourth-order valence-electron chi connectivity index (χ4n) is 2.03. The number of thiazole rings is 1. The first-order valence-corrected chi connectivity index (χ1v) is 7.50. The Morgan fingerprint density at radius 3 is 2.63 bits per heavy atom. The number of nitrogens with zero attached hydrogens (tertiary/aromatic N) is 1. The van der Waals surface area contributed by atoms with Crippen LogP contribution in [0.5, 0.6) is 0 Å². The van der Waals surface area contributed by atoms with E-state index >= 15 is 0 Å². The maximum Gasteiger partial charge on any atom is 0.0943 e. The molecule has 0 aliphatic heterocycles. The minimum absolute atomic E-state index is 0.174. The van der Waals surface area contributed by atoms with Crippen LogP contribution in [0.2, 0.25) is 0 Å². The second kappa shape index (κ2) is 5.43. The number of aryl methyl sites for hydroxylation is 1. The monoisotopic (exact) mass is 274 g/mol. The molecule has 0 spiro atoms. The average molecular weight is 274 g/mol. The van der Waals surface area contributed by atoms with Gasteiger partial charge in [0.25, 0.3) is 0 Å². The number of rotatable bonds is 3. The zero-order valence-electron chi connectivity index (χ0n) is 12.2. The molecule has 0 unspecified atom stereocenters. The van der Waals surface area contributed by atoms with Crippen LogP contribution in [-0.4, -0.2) is 11.5 Å². The summed E-state index contributed by atoms with van der Waals surface area (Å²) in [6.45, 7) is 9.55. The molecular weight excluding hydrogens is 252 g/mol. The molecule has 2 aromatic rings. The van der Waals surface area contributed by atoms with Gasteiger partial charge in [-0.05, 0) is 41.6 Å². The molecule has 1 heterocycles. The van der Waals surface area contributed by atoms with E-state index in [9.17, 15) is 0 Å². The molecule has 2 rings (SSSR count). The first-order chi connectivity index (χ1) is 8.91. The molecule has 3 heteroatoms. The van der Waals surface area contributed by atoms with Gasteiger partial charge < -0.3 is 5.73 Å². The van der Waals surface area contributed by atoms with Crippen LogP contribution < -0.4 is 5.73 Å². The van der Waals surface area contributed by atoms with Crippen molar-refractivity contribution in [2.24, 2.45) is 5.73 Å². The zero-order chi connectivity index (χ0) is 14.0. The van der Waals surface area contributed by atoms with E-state index in [2.05, 4.69) is 50.9 Å². The molecule has 0 atom stereocenters. The van der Waals surface area contributed by atoms with Gasteiger partial charge >= 0.3 is 0 Å². The summed E-state index contributed by atoms with van der Waals surface area (Å²) in [5, 5.41) is 1.12. The average Bonchev–Trinajstić information content (AvgIpc) is 2.77. The van der Waals surface area contributed by atoms with Gasteiger partial charge in [0.05, 0.1) is 9.88 Å². The number of hydrogen-bond acceptors (Lipinski definition) is 3. The Balaban J connectivity index is 2.42. The highest BCUT2D eigenvalue weighted by molar-refractivity contribution is 7.15. The molecule has 2 nitrogen and oxygen atoms in total. The molecule has 1 aromatic heterocycles. The van der Waals surface area contributed by atoms with Gasteiger partial charge in [-0.2, -0.15) is 0 Å². The van der Waals surface area contributed by atoms with Crippen molar-refractivity contribution in [1.82, 2.24) is 4.98 Å². The predicted molar refractivity (Wildman–Crippen MR) is 83.7 cm³/mol. The fraction of sp³-hybridized carbons (Fsp3) is 0.438. The van der Waals surface area contributed by atoms with Crippen LogP contribution in [0.3, 0.4) is 0 Å². The van der Waals surface area contributed by atoms with Crippen LogP contribution in [0.1, 0.15) is 36.9 Å². The molecule has 19 heavy (non-hydrogen) atoms. The van der Waals surface area contributed by atoms with Gasteiger partial charge in [0.1, 0.15) is 0 Å². The summed E-state index contributed by atoms with van der Waals surface area (Å²) in [5.74, 6) is 0. The number of nitrogens with two attached hydrogens (primary N) is 1. The van der Waals surface area contributed by atoms with Crippen LogP contribution in [0.25, 0.3) is 10.4 Å². The second-order valence-electron chi connectivity index (χ2n) is 5.94. The van der Waals surface area contributed by atoms with E-state index in [-0.39, 0.29) is 5.41 Å². The van der Waals surface area contributed by atoms with Crippen molar-refractivity contribution in [2.45, 2.75) is 39.5 Å². The van der Waals surface area contributed by atoms with Crippen molar-refractivity contribution in [1.29, 1.82) is 0 Å². The third kappa shape index (κ3) is 3.23. The molecule has 0 aliphatic carbocycles. The maximum absolute atomic E-state index is 5.59. The molecule has 0 saturated carbocycles. The Labute approximate surface area is 119 Å². The second-order valence-corrected chi connectivity index (χ2v) is 7.05. The van der Waals surface area contributed by atoms with Crippen LogP contribution in [0, 0.1) is 6.92 Å². The lowest BCUT2D eigenvalue weighted by Gasteiger charge is -2.20. The third-order valence-electron chi connectivity index (χ3n) is 3.28. The number of aromatic nitrogens is 1. The highest BCUT2D eigenvalue weighted by Crippen LogP contribution is 2.33. The molecule has 0 radical (unpaired) electrons. The van der Waals surface area contributed by atoms with Gasteiger partial charge in [-0.25, -0.2) is 4.98 Å². The maximum atomic E-state index is 5.59. The Morgan fingerprint density at radius 1 is 1.26 bits per heavy atom. The van der Waals surface area contributed by atoms with E-state index in [4.69, 9.17) is 5.73 Å². The van der Waals surface area contributed by atoms with E-state index in [1.54, 1.807) is 11.3 Å². The van der Waals surface area contributed by atoms with Gasteiger partial charge in [0.2, 0.25) is 0 Å². The first kappa shape index (κ1) is 14.2.